The fraction of sp³-hybridized carbons (Fsp3) is 0.550. The second kappa shape index (κ2) is 10.1. The maximum atomic E-state index is 11.6. The third-order valence-corrected chi connectivity index (χ3v) is 4.97. The first-order valence-corrected chi connectivity index (χ1v) is 10.0. The van der Waals surface area contributed by atoms with Gasteiger partial charge in [-0.1, -0.05) is 30.3 Å². The number of urea groups is 1. The van der Waals surface area contributed by atoms with E-state index in [1.807, 2.05) is 13.0 Å². The highest BCUT2D eigenvalue weighted by molar-refractivity contribution is 6.01. The van der Waals surface area contributed by atoms with E-state index in [1.165, 1.54) is 10.5 Å². The molecule has 1 atom stereocenters. The maximum absolute atomic E-state index is 11.6. The van der Waals surface area contributed by atoms with Gasteiger partial charge >= 0.3 is 6.03 Å². The molecule has 0 bridgehead atoms. The van der Waals surface area contributed by atoms with E-state index < -0.39 is 0 Å². The molecule has 2 aliphatic rings. The van der Waals surface area contributed by atoms with Crippen LogP contribution in [0.2, 0.25) is 0 Å². The molecule has 3 amide bonds. The van der Waals surface area contributed by atoms with E-state index in [-0.39, 0.29) is 18.5 Å². The van der Waals surface area contributed by atoms with E-state index in [4.69, 9.17) is 0 Å². The van der Waals surface area contributed by atoms with Crippen LogP contribution in [0.1, 0.15) is 25.3 Å². The van der Waals surface area contributed by atoms with Gasteiger partial charge in [-0.25, -0.2) is 4.79 Å². The summed E-state index contributed by atoms with van der Waals surface area (Å²) >= 11 is 0. The summed E-state index contributed by atoms with van der Waals surface area (Å²) in [6.45, 7) is 6.58. The molecule has 0 aliphatic carbocycles. The molecule has 3 N–H and O–H groups in total. The van der Waals surface area contributed by atoms with Crippen LogP contribution < -0.4 is 16.0 Å². The molecule has 0 radical (unpaired) electrons. The number of imide groups is 1. The molecule has 0 aromatic heterocycles. The van der Waals surface area contributed by atoms with Crippen LogP contribution in [0, 0.1) is 0 Å². The van der Waals surface area contributed by atoms with Gasteiger partial charge in [0.25, 0.3) is 0 Å². The van der Waals surface area contributed by atoms with Crippen LogP contribution in [0.5, 0.6) is 0 Å². The predicted molar refractivity (Wildman–Crippen MR) is 109 cm³/mol. The van der Waals surface area contributed by atoms with Gasteiger partial charge in [0, 0.05) is 25.7 Å². The molecule has 2 saturated heterocycles. The van der Waals surface area contributed by atoms with Gasteiger partial charge in [0.1, 0.15) is 0 Å². The number of benzene rings is 1. The first kappa shape index (κ1) is 20.1. The van der Waals surface area contributed by atoms with Crippen LogP contribution in [0.25, 0.3) is 0 Å². The summed E-state index contributed by atoms with van der Waals surface area (Å²) in [4.78, 5) is 31.5. The average molecular weight is 387 g/mol. The number of carbonyl (C=O) groups excluding carboxylic acids is 2. The van der Waals surface area contributed by atoms with Crippen LogP contribution >= 0.6 is 0 Å². The molecule has 0 spiro atoms. The van der Waals surface area contributed by atoms with Crippen LogP contribution in [-0.4, -0.2) is 73.0 Å². The standard InChI is InChI=1S/C20H30N6O2/c1-2-21-19(22-10-12-26-18(27)13-23-20(26)28)24-17-9-6-11-25(15-17)14-16-7-4-3-5-8-16/h3-5,7-8,17H,2,6,9-15H2,1H3,(H,23,28)(H2,21,22,24). The molecule has 1 aromatic rings. The molecule has 3 rings (SSSR count). The third-order valence-electron chi connectivity index (χ3n) is 4.97. The van der Waals surface area contributed by atoms with Crippen LogP contribution in [0.3, 0.4) is 0 Å². The van der Waals surface area contributed by atoms with Gasteiger partial charge in [0.15, 0.2) is 5.96 Å². The predicted octanol–water partition coefficient (Wildman–Crippen LogP) is 0.758. The van der Waals surface area contributed by atoms with Crippen LogP contribution in [0.15, 0.2) is 35.3 Å². The Kier molecular flexibility index (Phi) is 7.25. The zero-order valence-electron chi connectivity index (χ0n) is 16.5. The summed E-state index contributed by atoms with van der Waals surface area (Å²) in [5.41, 5.74) is 1.33. The van der Waals surface area contributed by atoms with E-state index in [2.05, 4.69) is 50.1 Å². The Morgan fingerprint density at radius 2 is 2.11 bits per heavy atom. The minimum absolute atomic E-state index is 0.0835. The van der Waals surface area contributed by atoms with Gasteiger partial charge in [-0.3, -0.25) is 19.6 Å². The molecular formula is C20H30N6O2. The number of nitrogens with zero attached hydrogens (tertiary/aromatic N) is 3. The van der Waals surface area contributed by atoms with Crippen molar-refractivity contribution in [2.45, 2.75) is 32.4 Å². The molecule has 2 heterocycles. The third kappa shape index (κ3) is 5.69. The SMILES string of the molecule is CCNC(=NCCN1C(=O)CNC1=O)NC1CCCN(Cc2ccccc2)C1. The van der Waals surface area contributed by atoms with Crippen molar-refractivity contribution in [3.8, 4) is 0 Å². The van der Waals surface area contributed by atoms with Gasteiger partial charge in [0.2, 0.25) is 5.91 Å². The van der Waals surface area contributed by atoms with Gasteiger partial charge in [-0.05, 0) is 31.9 Å². The monoisotopic (exact) mass is 386 g/mol. The normalized spacial score (nSPS) is 21.0. The Bertz CT molecular complexity index is 677. The fourth-order valence-electron chi connectivity index (χ4n) is 3.62. The Balaban J connectivity index is 1.51. The lowest BCUT2D eigenvalue weighted by Gasteiger charge is -2.34. The summed E-state index contributed by atoms with van der Waals surface area (Å²) in [7, 11) is 0. The lowest BCUT2D eigenvalue weighted by Crippen LogP contribution is -2.51. The summed E-state index contributed by atoms with van der Waals surface area (Å²) in [6, 6.07) is 10.5. The molecule has 2 fully saturated rings. The second-order valence-electron chi connectivity index (χ2n) is 7.17. The number of likely N-dealkylation sites (tertiary alicyclic amines) is 1. The zero-order valence-corrected chi connectivity index (χ0v) is 16.5. The molecule has 2 aliphatic heterocycles. The lowest BCUT2D eigenvalue weighted by molar-refractivity contribution is -0.124. The smallest absolute Gasteiger partial charge is 0.324 e. The van der Waals surface area contributed by atoms with Crippen molar-refractivity contribution in [1.82, 2.24) is 25.8 Å². The lowest BCUT2D eigenvalue weighted by atomic mass is 10.0. The first-order chi connectivity index (χ1) is 13.7. The Morgan fingerprint density at radius 3 is 2.82 bits per heavy atom. The number of guanidine groups is 1. The zero-order chi connectivity index (χ0) is 19.8. The number of hydrogen-bond donors (Lipinski definition) is 3. The van der Waals surface area contributed by atoms with Crippen molar-refractivity contribution < 1.29 is 9.59 Å². The van der Waals surface area contributed by atoms with Crippen LogP contribution in [0.4, 0.5) is 4.79 Å². The minimum atomic E-state index is -0.331. The average Bonchev–Trinajstić information content (AvgIpc) is 3.01. The van der Waals surface area contributed by atoms with Crippen LogP contribution in [-0.2, 0) is 11.3 Å². The number of rotatable bonds is 7. The van der Waals surface area contributed by atoms with Crippen molar-refractivity contribution in [2.75, 3.05) is 39.3 Å². The molecule has 8 nitrogen and oxygen atoms in total. The topological polar surface area (TPSA) is 89.1 Å². The van der Waals surface area contributed by atoms with E-state index in [0.29, 0.717) is 19.1 Å². The largest absolute Gasteiger partial charge is 0.357 e. The number of nitrogens with one attached hydrogen (secondary N) is 3. The Morgan fingerprint density at radius 1 is 1.29 bits per heavy atom. The molecule has 152 valence electrons. The first-order valence-electron chi connectivity index (χ1n) is 10.0. The van der Waals surface area contributed by atoms with Gasteiger partial charge in [-0.2, -0.15) is 0 Å². The molecule has 28 heavy (non-hydrogen) atoms. The second-order valence-corrected chi connectivity index (χ2v) is 7.17. The number of piperidine rings is 1. The molecule has 1 aromatic carbocycles. The quantitative estimate of drug-likeness (QED) is 0.366. The van der Waals surface area contributed by atoms with Gasteiger partial charge < -0.3 is 16.0 Å². The van der Waals surface area contributed by atoms with E-state index in [1.54, 1.807) is 0 Å². The highest BCUT2D eigenvalue weighted by Gasteiger charge is 2.27. The molecule has 0 saturated carbocycles. The van der Waals surface area contributed by atoms with Gasteiger partial charge in [0.05, 0.1) is 19.6 Å². The van der Waals surface area contributed by atoms with Crippen molar-refractivity contribution in [3.63, 3.8) is 0 Å². The van der Waals surface area contributed by atoms with E-state index in [9.17, 15) is 9.59 Å². The van der Waals surface area contributed by atoms with Crippen molar-refractivity contribution in [3.05, 3.63) is 35.9 Å². The minimum Gasteiger partial charge on any atom is -0.357 e. The van der Waals surface area contributed by atoms with E-state index in [0.717, 1.165) is 45.0 Å². The highest BCUT2D eigenvalue weighted by atomic mass is 16.2. The summed E-state index contributed by atoms with van der Waals surface area (Å²) in [6.07, 6.45) is 2.25. The summed E-state index contributed by atoms with van der Waals surface area (Å²) in [5, 5.41) is 9.30. The molecule has 8 heteroatoms. The summed E-state index contributed by atoms with van der Waals surface area (Å²) < 4.78 is 0. The van der Waals surface area contributed by atoms with Gasteiger partial charge in [-0.15, -0.1) is 0 Å². The molecular weight excluding hydrogens is 356 g/mol. The Labute approximate surface area is 166 Å². The van der Waals surface area contributed by atoms with Crippen molar-refractivity contribution >= 4 is 17.9 Å². The number of carbonyl (C=O) groups is 2. The number of aliphatic imine (C=N–C) groups is 1. The Hall–Kier alpha value is -2.61. The molecule has 1 unspecified atom stereocenters. The highest BCUT2D eigenvalue weighted by Crippen LogP contribution is 2.13. The maximum Gasteiger partial charge on any atom is 0.324 e. The van der Waals surface area contributed by atoms with E-state index >= 15 is 0 Å². The fourth-order valence-corrected chi connectivity index (χ4v) is 3.62. The summed E-state index contributed by atoms with van der Waals surface area (Å²) in [5.74, 6) is 0.545. The number of amides is 3. The van der Waals surface area contributed by atoms with Crippen molar-refractivity contribution in [2.24, 2.45) is 4.99 Å². The van der Waals surface area contributed by atoms with Crippen molar-refractivity contribution in [1.29, 1.82) is 0 Å². The number of hydrogen-bond acceptors (Lipinski definition) is 4.